The van der Waals surface area contributed by atoms with Gasteiger partial charge in [0, 0.05) is 21.3 Å². The van der Waals surface area contributed by atoms with Crippen molar-refractivity contribution >= 4 is 45.1 Å². The molecule has 0 radical (unpaired) electrons. The van der Waals surface area contributed by atoms with Gasteiger partial charge in [0.25, 0.3) is 0 Å². The molecule has 1 aliphatic heterocycles. The van der Waals surface area contributed by atoms with Crippen LogP contribution in [0.2, 0.25) is 5.02 Å². The van der Waals surface area contributed by atoms with E-state index in [2.05, 4.69) is 31.2 Å². The summed E-state index contributed by atoms with van der Waals surface area (Å²) in [6.07, 6.45) is 3.17. The lowest BCUT2D eigenvalue weighted by Gasteiger charge is -2.33. The van der Waals surface area contributed by atoms with E-state index >= 15 is 0 Å². The average Bonchev–Trinajstić information content (AvgIpc) is 2.62. The highest BCUT2D eigenvalue weighted by molar-refractivity contribution is 9.10. The molecule has 0 bridgehead atoms. The Morgan fingerprint density at radius 2 is 1.96 bits per heavy atom. The van der Waals surface area contributed by atoms with Crippen molar-refractivity contribution < 1.29 is 4.79 Å². The molecule has 0 saturated heterocycles. The molecule has 5 nitrogen and oxygen atoms in total. The van der Waals surface area contributed by atoms with Crippen LogP contribution in [0.4, 0.5) is 16.3 Å². The van der Waals surface area contributed by atoms with Crippen LogP contribution in [0.1, 0.15) is 17.2 Å². The third kappa shape index (κ3) is 2.99. The van der Waals surface area contributed by atoms with E-state index in [0.717, 1.165) is 15.6 Å². The Hall–Kier alpha value is -2.44. The van der Waals surface area contributed by atoms with E-state index in [4.69, 9.17) is 11.6 Å². The second-order valence-electron chi connectivity index (χ2n) is 5.55. The summed E-state index contributed by atoms with van der Waals surface area (Å²) >= 11 is 9.51. The molecule has 0 fully saturated rings. The van der Waals surface area contributed by atoms with E-state index in [1.807, 2.05) is 30.3 Å². The fourth-order valence-corrected chi connectivity index (χ4v) is 3.31. The molecule has 0 aliphatic carbocycles. The van der Waals surface area contributed by atoms with Gasteiger partial charge in [-0.1, -0.05) is 45.7 Å². The molecule has 7 heteroatoms. The third-order valence-electron chi connectivity index (χ3n) is 3.98. The van der Waals surface area contributed by atoms with Gasteiger partial charge in [-0.15, -0.1) is 0 Å². The second kappa shape index (κ2) is 6.46. The van der Waals surface area contributed by atoms with Gasteiger partial charge in [0.1, 0.15) is 12.1 Å². The SMILES string of the molecule is O=C1NC(c2ccc(Br)cc2)c2cncnc2N1c1cccc(Cl)c1. The molecule has 3 aromatic rings. The van der Waals surface area contributed by atoms with Crippen LogP contribution in [-0.2, 0) is 0 Å². The van der Waals surface area contributed by atoms with Gasteiger partial charge < -0.3 is 5.32 Å². The molecule has 0 saturated carbocycles. The molecule has 0 spiro atoms. The predicted molar refractivity (Wildman–Crippen MR) is 100 cm³/mol. The number of hydrogen-bond donors (Lipinski definition) is 1. The van der Waals surface area contributed by atoms with Gasteiger partial charge >= 0.3 is 6.03 Å². The van der Waals surface area contributed by atoms with E-state index in [9.17, 15) is 4.79 Å². The molecule has 2 amide bonds. The van der Waals surface area contributed by atoms with Crippen LogP contribution in [0, 0.1) is 0 Å². The zero-order valence-electron chi connectivity index (χ0n) is 12.9. The summed E-state index contributed by atoms with van der Waals surface area (Å²) in [5.41, 5.74) is 2.43. The molecular weight excluding hydrogens is 404 g/mol. The van der Waals surface area contributed by atoms with Crippen molar-refractivity contribution in [2.75, 3.05) is 4.90 Å². The molecule has 4 rings (SSSR count). The average molecular weight is 416 g/mol. The van der Waals surface area contributed by atoms with E-state index in [-0.39, 0.29) is 12.1 Å². The predicted octanol–water partition coefficient (Wildman–Crippen LogP) is 4.84. The maximum atomic E-state index is 12.8. The Kier molecular flexibility index (Phi) is 4.15. The lowest BCUT2D eigenvalue weighted by molar-refractivity contribution is 0.244. The third-order valence-corrected chi connectivity index (χ3v) is 4.75. The first-order chi connectivity index (χ1) is 12.1. The summed E-state index contributed by atoms with van der Waals surface area (Å²) in [4.78, 5) is 22.8. The van der Waals surface area contributed by atoms with Gasteiger partial charge in [-0.25, -0.2) is 19.7 Å². The van der Waals surface area contributed by atoms with Crippen molar-refractivity contribution in [3.8, 4) is 0 Å². The maximum absolute atomic E-state index is 12.8. The summed E-state index contributed by atoms with van der Waals surface area (Å²) in [5.74, 6) is 0.550. The molecule has 1 unspecified atom stereocenters. The van der Waals surface area contributed by atoms with E-state index in [1.54, 1.807) is 24.4 Å². The number of benzene rings is 2. The van der Waals surface area contributed by atoms with Crippen molar-refractivity contribution in [2.45, 2.75) is 6.04 Å². The number of halogens is 2. The molecule has 2 heterocycles. The smallest absolute Gasteiger partial charge is 0.326 e. The summed E-state index contributed by atoms with van der Waals surface area (Å²) in [6.45, 7) is 0. The maximum Gasteiger partial charge on any atom is 0.328 e. The van der Waals surface area contributed by atoms with Crippen LogP contribution < -0.4 is 10.2 Å². The summed E-state index contributed by atoms with van der Waals surface area (Å²) in [7, 11) is 0. The van der Waals surface area contributed by atoms with Crippen LogP contribution in [0.25, 0.3) is 0 Å². The molecule has 1 aliphatic rings. The first-order valence-corrected chi connectivity index (χ1v) is 8.72. The van der Waals surface area contributed by atoms with Crippen molar-refractivity contribution in [3.63, 3.8) is 0 Å². The monoisotopic (exact) mass is 414 g/mol. The number of fused-ring (bicyclic) bond motifs is 1. The number of carbonyl (C=O) groups is 1. The standard InChI is InChI=1S/C18H12BrClN4O/c19-12-6-4-11(5-7-12)16-15-9-21-10-22-17(15)24(18(25)23-16)14-3-1-2-13(20)8-14/h1-10,16H,(H,23,25). The highest BCUT2D eigenvalue weighted by atomic mass is 79.9. The number of nitrogens with one attached hydrogen (secondary N) is 1. The fourth-order valence-electron chi connectivity index (χ4n) is 2.86. The van der Waals surface area contributed by atoms with Crippen LogP contribution in [0.3, 0.4) is 0 Å². The van der Waals surface area contributed by atoms with Gasteiger partial charge in [0.2, 0.25) is 0 Å². The van der Waals surface area contributed by atoms with Crippen LogP contribution in [0.5, 0.6) is 0 Å². The van der Waals surface area contributed by atoms with Crippen molar-refractivity contribution in [1.29, 1.82) is 0 Å². The number of carbonyl (C=O) groups excluding carboxylic acids is 1. The largest absolute Gasteiger partial charge is 0.328 e. The van der Waals surface area contributed by atoms with E-state index in [0.29, 0.717) is 16.5 Å². The highest BCUT2D eigenvalue weighted by Gasteiger charge is 2.34. The molecule has 1 N–H and O–H groups in total. The number of amides is 2. The number of urea groups is 1. The number of aromatic nitrogens is 2. The lowest BCUT2D eigenvalue weighted by Crippen LogP contribution is -2.45. The first kappa shape index (κ1) is 16.1. The number of anilines is 2. The minimum Gasteiger partial charge on any atom is -0.326 e. The normalized spacial score (nSPS) is 16.3. The van der Waals surface area contributed by atoms with Gasteiger partial charge in [0.15, 0.2) is 0 Å². The van der Waals surface area contributed by atoms with Crippen molar-refractivity contribution in [1.82, 2.24) is 15.3 Å². The fraction of sp³-hybridized carbons (Fsp3) is 0.0556. The summed E-state index contributed by atoms with van der Waals surface area (Å²) in [5, 5.41) is 3.58. The van der Waals surface area contributed by atoms with E-state index < -0.39 is 0 Å². The minimum absolute atomic E-state index is 0.263. The number of nitrogens with zero attached hydrogens (tertiary/aromatic N) is 3. The van der Waals surface area contributed by atoms with Crippen molar-refractivity contribution in [3.05, 3.63) is 81.7 Å². The molecule has 25 heavy (non-hydrogen) atoms. The van der Waals surface area contributed by atoms with Crippen LogP contribution >= 0.6 is 27.5 Å². The Labute approximate surface area is 157 Å². The van der Waals surface area contributed by atoms with Crippen LogP contribution in [0.15, 0.2) is 65.5 Å². The topological polar surface area (TPSA) is 58.1 Å². The molecular formula is C18H12BrClN4O. The summed E-state index contributed by atoms with van der Waals surface area (Å²) < 4.78 is 0.975. The zero-order valence-corrected chi connectivity index (χ0v) is 15.2. The quantitative estimate of drug-likeness (QED) is 0.651. The number of hydrogen-bond acceptors (Lipinski definition) is 3. The Balaban J connectivity index is 1.83. The van der Waals surface area contributed by atoms with E-state index in [1.165, 1.54) is 11.2 Å². The Morgan fingerprint density at radius 1 is 1.16 bits per heavy atom. The molecule has 124 valence electrons. The minimum atomic E-state index is -0.313. The Bertz CT molecular complexity index is 948. The zero-order chi connectivity index (χ0) is 17.4. The van der Waals surface area contributed by atoms with Gasteiger partial charge in [-0.2, -0.15) is 0 Å². The summed E-state index contributed by atoms with van der Waals surface area (Å²) in [6, 6.07) is 14.3. The Morgan fingerprint density at radius 3 is 2.72 bits per heavy atom. The van der Waals surface area contributed by atoms with Gasteiger partial charge in [0.05, 0.1) is 11.7 Å². The van der Waals surface area contributed by atoms with Crippen LogP contribution in [-0.4, -0.2) is 16.0 Å². The lowest BCUT2D eigenvalue weighted by atomic mass is 9.98. The second-order valence-corrected chi connectivity index (χ2v) is 6.90. The highest BCUT2D eigenvalue weighted by Crippen LogP contribution is 2.37. The molecule has 1 atom stereocenters. The van der Waals surface area contributed by atoms with Gasteiger partial charge in [-0.3, -0.25) is 0 Å². The number of rotatable bonds is 2. The first-order valence-electron chi connectivity index (χ1n) is 7.55. The molecule has 2 aromatic carbocycles. The van der Waals surface area contributed by atoms with Gasteiger partial charge in [-0.05, 0) is 35.9 Å². The van der Waals surface area contributed by atoms with Crippen molar-refractivity contribution in [2.24, 2.45) is 0 Å². The molecule has 1 aromatic heterocycles.